The number of likely N-dealkylation sites (tertiary alicyclic amines) is 1. The van der Waals surface area contributed by atoms with Crippen molar-refractivity contribution in [1.82, 2.24) is 20.3 Å². The van der Waals surface area contributed by atoms with Crippen LogP contribution >= 0.6 is 0 Å². The minimum atomic E-state index is -0.173. The minimum absolute atomic E-state index is 0.148. The number of rotatable bonds is 1. The molecule has 1 aromatic rings. The highest BCUT2D eigenvalue weighted by atomic mass is 16.2. The summed E-state index contributed by atoms with van der Waals surface area (Å²) in [5.74, 6) is -0.0250. The molecule has 0 unspecified atom stereocenters. The number of nitrogens with zero attached hydrogens (tertiary/aromatic N) is 3. The number of hydrogen-bond donors (Lipinski definition) is 3. The second-order valence-corrected chi connectivity index (χ2v) is 3.69. The number of aromatic amines is 1. The third-order valence-electron chi connectivity index (χ3n) is 2.60. The molecule has 82 valence electrons. The van der Waals surface area contributed by atoms with Gasteiger partial charge in [-0.15, -0.1) is 10.2 Å². The summed E-state index contributed by atoms with van der Waals surface area (Å²) in [7, 11) is 0. The molecule has 2 rings (SSSR count). The SMILES string of the molecule is Nc1n[nH]nc1C(=O)N1CCC(N)CC1. The van der Waals surface area contributed by atoms with Crippen molar-refractivity contribution in [3.05, 3.63) is 5.69 Å². The van der Waals surface area contributed by atoms with Gasteiger partial charge in [0.05, 0.1) is 0 Å². The molecule has 0 bridgehead atoms. The molecular weight excluding hydrogens is 196 g/mol. The van der Waals surface area contributed by atoms with Crippen LogP contribution in [0, 0.1) is 0 Å². The Balaban J connectivity index is 2.06. The van der Waals surface area contributed by atoms with Crippen molar-refractivity contribution in [3.63, 3.8) is 0 Å². The first kappa shape index (κ1) is 9.91. The molecular formula is C8H14N6O. The molecule has 7 heteroatoms. The molecule has 5 N–H and O–H groups in total. The molecule has 1 fully saturated rings. The molecule has 0 radical (unpaired) electrons. The summed E-state index contributed by atoms with van der Waals surface area (Å²) in [4.78, 5) is 13.6. The Kier molecular flexibility index (Phi) is 2.55. The number of amides is 1. The van der Waals surface area contributed by atoms with Gasteiger partial charge in [0.1, 0.15) is 0 Å². The molecule has 0 saturated carbocycles. The van der Waals surface area contributed by atoms with Crippen molar-refractivity contribution in [2.45, 2.75) is 18.9 Å². The van der Waals surface area contributed by atoms with Gasteiger partial charge in [-0.2, -0.15) is 5.21 Å². The van der Waals surface area contributed by atoms with Crippen LogP contribution in [0.15, 0.2) is 0 Å². The van der Waals surface area contributed by atoms with Crippen molar-refractivity contribution < 1.29 is 4.79 Å². The number of carbonyl (C=O) groups excluding carboxylic acids is 1. The minimum Gasteiger partial charge on any atom is -0.380 e. The molecule has 1 aliphatic rings. The Labute approximate surface area is 86.8 Å². The van der Waals surface area contributed by atoms with E-state index in [0.717, 1.165) is 12.8 Å². The molecule has 1 amide bonds. The van der Waals surface area contributed by atoms with E-state index in [1.54, 1.807) is 4.90 Å². The lowest BCUT2D eigenvalue weighted by molar-refractivity contribution is 0.0710. The van der Waals surface area contributed by atoms with E-state index in [1.165, 1.54) is 0 Å². The Hall–Kier alpha value is -1.63. The summed E-state index contributed by atoms with van der Waals surface area (Å²) >= 11 is 0. The van der Waals surface area contributed by atoms with Gasteiger partial charge in [0, 0.05) is 19.1 Å². The van der Waals surface area contributed by atoms with Crippen LogP contribution in [0.1, 0.15) is 23.3 Å². The second-order valence-electron chi connectivity index (χ2n) is 3.69. The molecule has 0 aromatic carbocycles. The topological polar surface area (TPSA) is 114 Å². The number of hydrogen-bond acceptors (Lipinski definition) is 5. The molecule has 1 aliphatic heterocycles. The first-order chi connectivity index (χ1) is 7.18. The van der Waals surface area contributed by atoms with E-state index >= 15 is 0 Å². The van der Waals surface area contributed by atoms with Crippen LogP contribution in [-0.4, -0.2) is 45.3 Å². The third kappa shape index (κ3) is 1.91. The van der Waals surface area contributed by atoms with Crippen LogP contribution < -0.4 is 11.5 Å². The quantitative estimate of drug-likeness (QED) is 0.547. The fraction of sp³-hybridized carbons (Fsp3) is 0.625. The zero-order valence-corrected chi connectivity index (χ0v) is 8.31. The van der Waals surface area contributed by atoms with Gasteiger partial charge < -0.3 is 16.4 Å². The monoisotopic (exact) mass is 210 g/mol. The number of piperidine rings is 1. The average molecular weight is 210 g/mol. The van der Waals surface area contributed by atoms with E-state index in [1.807, 2.05) is 0 Å². The van der Waals surface area contributed by atoms with E-state index < -0.39 is 0 Å². The maximum Gasteiger partial charge on any atom is 0.278 e. The van der Waals surface area contributed by atoms with Gasteiger partial charge in [-0.1, -0.05) is 0 Å². The van der Waals surface area contributed by atoms with Gasteiger partial charge in [-0.25, -0.2) is 0 Å². The Morgan fingerprint density at radius 3 is 2.60 bits per heavy atom. The molecule has 1 aromatic heterocycles. The van der Waals surface area contributed by atoms with Crippen LogP contribution in [0.3, 0.4) is 0 Å². The van der Waals surface area contributed by atoms with Crippen LogP contribution in [-0.2, 0) is 0 Å². The van der Waals surface area contributed by atoms with Crippen LogP contribution in [0.25, 0.3) is 0 Å². The second kappa shape index (κ2) is 3.85. The van der Waals surface area contributed by atoms with E-state index in [2.05, 4.69) is 15.4 Å². The molecule has 7 nitrogen and oxygen atoms in total. The first-order valence-corrected chi connectivity index (χ1v) is 4.89. The van der Waals surface area contributed by atoms with Gasteiger partial charge >= 0.3 is 0 Å². The number of aromatic nitrogens is 3. The fourth-order valence-electron chi connectivity index (χ4n) is 1.65. The highest BCUT2D eigenvalue weighted by molar-refractivity contribution is 5.96. The predicted octanol–water partition coefficient (Wildman–Crippen LogP) is -1.05. The summed E-state index contributed by atoms with van der Waals surface area (Å²) in [5, 5.41) is 9.67. The van der Waals surface area contributed by atoms with Gasteiger partial charge in [-0.05, 0) is 12.8 Å². The normalized spacial score (nSPS) is 18.1. The lowest BCUT2D eigenvalue weighted by atomic mass is 10.1. The number of H-pyrrole nitrogens is 1. The van der Waals surface area contributed by atoms with Gasteiger partial charge in [0.2, 0.25) is 0 Å². The summed E-state index contributed by atoms with van der Waals surface area (Å²) < 4.78 is 0. The van der Waals surface area contributed by atoms with Crippen molar-refractivity contribution in [2.75, 3.05) is 18.8 Å². The number of nitrogens with one attached hydrogen (secondary N) is 1. The maximum absolute atomic E-state index is 11.9. The fourth-order valence-corrected chi connectivity index (χ4v) is 1.65. The van der Waals surface area contributed by atoms with Crippen LogP contribution in [0.5, 0.6) is 0 Å². The smallest absolute Gasteiger partial charge is 0.278 e. The van der Waals surface area contributed by atoms with Crippen LogP contribution in [0.4, 0.5) is 5.82 Å². The van der Waals surface area contributed by atoms with Gasteiger partial charge in [0.15, 0.2) is 11.5 Å². The van der Waals surface area contributed by atoms with Gasteiger partial charge in [-0.3, -0.25) is 4.79 Å². The summed E-state index contributed by atoms with van der Waals surface area (Å²) in [6.07, 6.45) is 1.65. The molecule has 0 spiro atoms. The van der Waals surface area contributed by atoms with Crippen molar-refractivity contribution in [2.24, 2.45) is 5.73 Å². The molecule has 2 heterocycles. The Morgan fingerprint density at radius 1 is 1.40 bits per heavy atom. The van der Waals surface area contributed by atoms with Crippen molar-refractivity contribution in [3.8, 4) is 0 Å². The zero-order chi connectivity index (χ0) is 10.8. The molecule has 15 heavy (non-hydrogen) atoms. The molecule has 0 atom stereocenters. The molecule has 1 saturated heterocycles. The van der Waals surface area contributed by atoms with E-state index in [4.69, 9.17) is 11.5 Å². The first-order valence-electron chi connectivity index (χ1n) is 4.89. The van der Waals surface area contributed by atoms with E-state index in [9.17, 15) is 4.79 Å². The highest BCUT2D eigenvalue weighted by Gasteiger charge is 2.25. The summed E-state index contributed by atoms with van der Waals surface area (Å²) in [6, 6.07) is 0.198. The predicted molar refractivity (Wildman–Crippen MR) is 53.9 cm³/mol. The van der Waals surface area contributed by atoms with Gasteiger partial charge in [0.25, 0.3) is 5.91 Å². The maximum atomic E-state index is 11.9. The largest absolute Gasteiger partial charge is 0.380 e. The standard InChI is InChI=1S/C8H14N6O/c9-5-1-3-14(4-2-5)8(15)6-7(10)12-13-11-6/h5H,1-4,9H2,(H3,10,11,12,13). The number of anilines is 1. The Morgan fingerprint density at radius 2 is 2.07 bits per heavy atom. The third-order valence-corrected chi connectivity index (χ3v) is 2.60. The lowest BCUT2D eigenvalue weighted by Crippen LogP contribution is -2.43. The van der Waals surface area contributed by atoms with E-state index in [-0.39, 0.29) is 23.5 Å². The zero-order valence-electron chi connectivity index (χ0n) is 8.31. The summed E-state index contributed by atoms with van der Waals surface area (Å²) in [6.45, 7) is 1.32. The molecule has 0 aliphatic carbocycles. The summed E-state index contributed by atoms with van der Waals surface area (Å²) in [5.41, 5.74) is 11.4. The highest BCUT2D eigenvalue weighted by Crippen LogP contribution is 2.13. The van der Waals surface area contributed by atoms with Crippen molar-refractivity contribution in [1.29, 1.82) is 0 Å². The Bertz CT molecular complexity index is 354. The van der Waals surface area contributed by atoms with Crippen molar-refractivity contribution >= 4 is 11.7 Å². The number of nitrogens with two attached hydrogens (primary N) is 2. The van der Waals surface area contributed by atoms with Crippen LogP contribution in [0.2, 0.25) is 0 Å². The van der Waals surface area contributed by atoms with E-state index in [0.29, 0.717) is 13.1 Å². The average Bonchev–Trinajstić information content (AvgIpc) is 2.65. The number of nitrogen functional groups attached to an aromatic ring is 1. The lowest BCUT2D eigenvalue weighted by Gasteiger charge is -2.29. The number of carbonyl (C=O) groups is 1.